The van der Waals surface area contributed by atoms with Gasteiger partial charge in [0.15, 0.2) is 0 Å². The van der Waals surface area contributed by atoms with Crippen molar-refractivity contribution < 1.29 is 9.62 Å². The lowest BCUT2D eigenvalue weighted by molar-refractivity contribution is 0.318. The molecule has 0 aliphatic carbocycles. The molecule has 56 valence electrons. The van der Waals surface area contributed by atoms with Crippen molar-refractivity contribution in [3.8, 4) is 6.07 Å². The maximum Gasteiger partial charge on any atom is 0.280 e. The van der Waals surface area contributed by atoms with Crippen LogP contribution < -0.4 is 0 Å². The molecule has 0 saturated carbocycles. The fourth-order valence-corrected chi connectivity index (χ4v) is 0.505. The number of nitrogens with zero attached hydrogens (tertiary/aromatic N) is 4. The quantitative estimate of drug-likeness (QED) is 0.349. The van der Waals surface area contributed by atoms with Gasteiger partial charge >= 0.3 is 0 Å². The van der Waals surface area contributed by atoms with Crippen molar-refractivity contribution in [2.24, 2.45) is 5.16 Å². The Morgan fingerprint density at radius 3 is 2.82 bits per heavy atom. The minimum atomic E-state index is -0.286. The van der Waals surface area contributed by atoms with E-state index >= 15 is 0 Å². The summed E-state index contributed by atoms with van der Waals surface area (Å²) in [4.78, 5) is 0. The average Bonchev–Trinajstić information content (AvgIpc) is 2.39. The Morgan fingerprint density at radius 2 is 2.45 bits per heavy atom. The molecule has 0 fully saturated rings. The number of aromatic nitrogens is 2. The largest absolute Gasteiger partial charge is 0.419 e. The molecule has 0 saturated heterocycles. The molecule has 6 heteroatoms. The van der Waals surface area contributed by atoms with E-state index in [9.17, 15) is 0 Å². The van der Waals surface area contributed by atoms with Crippen LogP contribution in [0.15, 0.2) is 9.57 Å². The Morgan fingerprint density at radius 1 is 1.73 bits per heavy atom. The van der Waals surface area contributed by atoms with Crippen molar-refractivity contribution >= 4 is 5.71 Å². The number of rotatable bonds is 1. The molecule has 1 N–H and O–H groups in total. The number of nitriles is 1. The first-order valence-electron chi connectivity index (χ1n) is 2.70. The molecule has 0 radical (unpaired) electrons. The van der Waals surface area contributed by atoms with Crippen LogP contribution in [0.2, 0.25) is 0 Å². The van der Waals surface area contributed by atoms with E-state index in [1.807, 2.05) is 0 Å². The Labute approximate surface area is 61.8 Å². The highest BCUT2D eigenvalue weighted by atomic mass is 16.4. The van der Waals surface area contributed by atoms with Gasteiger partial charge in [0.25, 0.3) is 5.89 Å². The van der Waals surface area contributed by atoms with Gasteiger partial charge in [0.1, 0.15) is 6.07 Å². The first kappa shape index (κ1) is 7.21. The van der Waals surface area contributed by atoms with Gasteiger partial charge in [-0.15, -0.1) is 10.2 Å². The van der Waals surface area contributed by atoms with Crippen LogP contribution in [-0.2, 0) is 0 Å². The molecular weight excluding hydrogens is 148 g/mol. The summed E-state index contributed by atoms with van der Waals surface area (Å²) < 4.78 is 4.79. The van der Waals surface area contributed by atoms with Crippen molar-refractivity contribution in [1.29, 1.82) is 5.26 Å². The van der Waals surface area contributed by atoms with Crippen LogP contribution in [0.5, 0.6) is 0 Å². The lowest BCUT2D eigenvalue weighted by atomic mass is 10.4. The number of hydrogen-bond acceptors (Lipinski definition) is 6. The van der Waals surface area contributed by atoms with Crippen LogP contribution >= 0.6 is 0 Å². The second kappa shape index (κ2) is 2.79. The van der Waals surface area contributed by atoms with E-state index in [-0.39, 0.29) is 11.6 Å². The minimum absolute atomic E-state index is 0.0764. The highest BCUT2D eigenvalue weighted by Crippen LogP contribution is 1.98. The van der Waals surface area contributed by atoms with Gasteiger partial charge in [-0.3, -0.25) is 0 Å². The summed E-state index contributed by atoms with van der Waals surface area (Å²) in [6.07, 6.45) is 0. The van der Waals surface area contributed by atoms with Crippen LogP contribution in [0.25, 0.3) is 0 Å². The average molecular weight is 152 g/mol. The molecule has 1 aromatic heterocycles. The smallest absolute Gasteiger partial charge is 0.280 e. The van der Waals surface area contributed by atoms with Gasteiger partial charge in [0, 0.05) is 6.92 Å². The minimum Gasteiger partial charge on any atom is -0.419 e. The normalized spacial score (nSPS) is 11.1. The molecular formula is C5H4N4O2. The van der Waals surface area contributed by atoms with Crippen LogP contribution in [0.1, 0.15) is 11.8 Å². The van der Waals surface area contributed by atoms with E-state index in [0.29, 0.717) is 5.89 Å². The molecule has 0 aliphatic heterocycles. The lowest BCUT2D eigenvalue weighted by Crippen LogP contribution is -1.96. The Kier molecular flexibility index (Phi) is 1.83. The van der Waals surface area contributed by atoms with Gasteiger partial charge < -0.3 is 9.62 Å². The monoisotopic (exact) mass is 152 g/mol. The highest BCUT2D eigenvalue weighted by Gasteiger charge is 2.09. The standard InChI is InChI=1S/C5H4N4O2/c1-3-7-8-5(11-3)4(2-6)9-10/h10H,1H3. The van der Waals surface area contributed by atoms with Crippen LogP contribution in [0.4, 0.5) is 0 Å². The van der Waals surface area contributed by atoms with Crippen LogP contribution in [-0.4, -0.2) is 21.1 Å². The zero-order valence-corrected chi connectivity index (χ0v) is 5.64. The molecule has 6 nitrogen and oxygen atoms in total. The summed E-state index contributed by atoms with van der Waals surface area (Å²) in [7, 11) is 0. The van der Waals surface area contributed by atoms with Crippen molar-refractivity contribution in [1.82, 2.24) is 10.2 Å². The van der Waals surface area contributed by atoms with E-state index in [1.54, 1.807) is 13.0 Å². The number of aryl methyl sites for hydroxylation is 1. The lowest BCUT2D eigenvalue weighted by Gasteiger charge is -1.81. The second-order valence-corrected chi connectivity index (χ2v) is 1.69. The molecule has 1 rings (SSSR count). The summed E-state index contributed by atoms with van der Waals surface area (Å²) in [5.74, 6) is 0.240. The molecule has 0 bridgehead atoms. The molecule has 11 heavy (non-hydrogen) atoms. The van der Waals surface area contributed by atoms with Gasteiger partial charge in [0.2, 0.25) is 11.6 Å². The van der Waals surface area contributed by atoms with Crippen molar-refractivity contribution in [2.75, 3.05) is 0 Å². The maximum atomic E-state index is 8.32. The third kappa shape index (κ3) is 1.32. The molecule has 0 aromatic carbocycles. The molecule has 0 aliphatic rings. The van der Waals surface area contributed by atoms with Gasteiger partial charge in [-0.1, -0.05) is 5.16 Å². The number of hydrogen-bond donors (Lipinski definition) is 1. The maximum absolute atomic E-state index is 8.32. The van der Waals surface area contributed by atoms with Gasteiger partial charge in [-0.2, -0.15) is 5.26 Å². The van der Waals surface area contributed by atoms with Gasteiger partial charge in [-0.05, 0) is 0 Å². The van der Waals surface area contributed by atoms with E-state index in [0.717, 1.165) is 0 Å². The molecule has 0 atom stereocenters. The molecule has 1 heterocycles. The van der Waals surface area contributed by atoms with Crippen molar-refractivity contribution in [2.45, 2.75) is 6.92 Å². The molecule has 0 unspecified atom stereocenters. The second-order valence-electron chi connectivity index (χ2n) is 1.69. The third-order valence-electron chi connectivity index (χ3n) is 0.935. The summed E-state index contributed by atoms with van der Waals surface area (Å²) in [6, 6.07) is 1.59. The first-order valence-corrected chi connectivity index (χ1v) is 2.70. The predicted molar refractivity (Wildman–Crippen MR) is 33.0 cm³/mol. The topological polar surface area (TPSA) is 95.3 Å². The third-order valence-corrected chi connectivity index (χ3v) is 0.935. The van der Waals surface area contributed by atoms with E-state index < -0.39 is 0 Å². The Balaban J connectivity index is 3.03. The van der Waals surface area contributed by atoms with Gasteiger partial charge in [-0.25, -0.2) is 0 Å². The summed E-state index contributed by atoms with van der Waals surface area (Å²) in [5.41, 5.74) is -0.286. The molecule has 0 spiro atoms. The Hall–Kier alpha value is -1.90. The molecule has 0 amide bonds. The first-order chi connectivity index (χ1) is 5.27. The summed E-state index contributed by atoms with van der Waals surface area (Å²) in [5, 5.41) is 26.1. The van der Waals surface area contributed by atoms with Crippen LogP contribution in [0, 0.1) is 18.3 Å². The zero-order chi connectivity index (χ0) is 8.27. The van der Waals surface area contributed by atoms with E-state index in [4.69, 9.17) is 14.9 Å². The van der Waals surface area contributed by atoms with Crippen LogP contribution in [0.3, 0.4) is 0 Å². The van der Waals surface area contributed by atoms with Gasteiger partial charge in [0.05, 0.1) is 0 Å². The SMILES string of the molecule is Cc1nnc(C(C#N)=NO)o1. The predicted octanol–water partition coefficient (Wildman–Crippen LogP) is 0.0799. The Bertz CT molecular complexity index is 321. The summed E-state index contributed by atoms with van der Waals surface area (Å²) in [6.45, 7) is 1.57. The molecule has 1 aromatic rings. The number of oxime groups is 1. The fraction of sp³-hybridized carbons (Fsp3) is 0.200. The zero-order valence-electron chi connectivity index (χ0n) is 5.64. The highest BCUT2D eigenvalue weighted by molar-refractivity contribution is 6.07. The van der Waals surface area contributed by atoms with E-state index in [1.165, 1.54) is 0 Å². The summed E-state index contributed by atoms with van der Waals surface area (Å²) >= 11 is 0. The van der Waals surface area contributed by atoms with Crippen molar-refractivity contribution in [3.63, 3.8) is 0 Å². The van der Waals surface area contributed by atoms with E-state index in [2.05, 4.69) is 15.4 Å². The van der Waals surface area contributed by atoms with Crippen molar-refractivity contribution in [3.05, 3.63) is 11.8 Å². The fourth-order valence-electron chi connectivity index (χ4n) is 0.505.